The van der Waals surface area contributed by atoms with Crippen LogP contribution in [0.4, 0.5) is 5.82 Å². The molecule has 0 saturated carbocycles. The highest BCUT2D eigenvalue weighted by Gasteiger charge is 2.12. The second-order valence-corrected chi connectivity index (χ2v) is 3.47. The first-order valence-corrected chi connectivity index (χ1v) is 4.78. The van der Waals surface area contributed by atoms with Gasteiger partial charge in [-0.25, -0.2) is 9.97 Å². The number of hydrogen-bond donors (Lipinski definition) is 1. The smallest absolute Gasteiger partial charge is 0.138 e. The Kier molecular flexibility index (Phi) is 3.48. The molecule has 0 atom stereocenters. The maximum Gasteiger partial charge on any atom is 0.138 e. The summed E-state index contributed by atoms with van der Waals surface area (Å²) in [5.41, 5.74) is 0.992. The average Bonchev–Trinajstić information content (AvgIpc) is 2.04. The van der Waals surface area contributed by atoms with Gasteiger partial charge in [-0.15, -0.1) is 0 Å². The lowest BCUT2D eigenvalue weighted by molar-refractivity contribution is 0.846. The highest BCUT2D eigenvalue weighted by atomic mass is 35.5. The lowest BCUT2D eigenvalue weighted by atomic mass is 10.1. The van der Waals surface area contributed by atoms with Gasteiger partial charge < -0.3 is 5.32 Å². The predicted molar refractivity (Wildman–Crippen MR) is 55.3 cm³/mol. The van der Waals surface area contributed by atoms with Crippen molar-refractivity contribution in [2.75, 3.05) is 11.9 Å². The van der Waals surface area contributed by atoms with Crippen LogP contribution in [-0.4, -0.2) is 16.5 Å². The Balaban J connectivity index is 3.10. The molecule has 0 aliphatic carbocycles. The quantitative estimate of drug-likeness (QED) is 0.761. The summed E-state index contributed by atoms with van der Waals surface area (Å²) < 4.78 is 0. The fourth-order valence-electron chi connectivity index (χ4n) is 1.19. The molecule has 3 nitrogen and oxygen atoms in total. The third kappa shape index (κ3) is 2.31. The van der Waals surface area contributed by atoms with Crippen LogP contribution in [0.15, 0.2) is 6.33 Å². The number of hydrogen-bond acceptors (Lipinski definition) is 3. The Morgan fingerprint density at radius 1 is 1.46 bits per heavy atom. The number of nitrogens with zero attached hydrogens (tertiary/aromatic N) is 2. The summed E-state index contributed by atoms with van der Waals surface area (Å²) in [5.74, 6) is 1.18. The molecule has 0 amide bonds. The molecule has 1 aromatic rings. The zero-order chi connectivity index (χ0) is 9.84. The maximum absolute atomic E-state index is 5.97. The molecule has 1 rings (SSSR count). The van der Waals surface area contributed by atoms with E-state index in [1.54, 1.807) is 0 Å². The van der Waals surface area contributed by atoms with Crippen LogP contribution in [0.1, 0.15) is 32.3 Å². The summed E-state index contributed by atoms with van der Waals surface area (Å²) in [6.45, 7) is 7.02. The number of nitrogens with one attached hydrogen (secondary N) is 1. The van der Waals surface area contributed by atoms with E-state index in [1.165, 1.54) is 6.33 Å². The molecule has 72 valence electrons. The van der Waals surface area contributed by atoms with Gasteiger partial charge >= 0.3 is 0 Å². The summed E-state index contributed by atoms with van der Waals surface area (Å²) in [5, 5.41) is 3.71. The highest BCUT2D eigenvalue weighted by molar-refractivity contribution is 6.30. The molecule has 1 aromatic heterocycles. The summed E-state index contributed by atoms with van der Waals surface area (Å²) in [6.07, 6.45) is 1.48. The summed E-state index contributed by atoms with van der Waals surface area (Å²) in [7, 11) is 0. The minimum absolute atomic E-state index is 0.336. The SMILES string of the molecule is CCNc1ncnc(Cl)c1C(C)C. The molecule has 0 aliphatic heterocycles. The minimum atomic E-state index is 0.336. The molecule has 0 bridgehead atoms. The van der Waals surface area contributed by atoms with Gasteiger partial charge in [0.2, 0.25) is 0 Å². The van der Waals surface area contributed by atoms with Crippen LogP contribution in [0.25, 0.3) is 0 Å². The van der Waals surface area contributed by atoms with Crippen molar-refractivity contribution in [1.29, 1.82) is 0 Å². The first kappa shape index (κ1) is 10.3. The topological polar surface area (TPSA) is 37.8 Å². The van der Waals surface area contributed by atoms with E-state index in [1.807, 2.05) is 6.92 Å². The first-order chi connectivity index (χ1) is 6.16. The van der Waals surface area contributed by atoms with Crippen molar-refractivity contribution >= 4 is 17.4 Å². The molecule has 0 fully saturated rings. The van der Waals surface area contributed by atoms with Gasteiger partial charge in [0, 0.05) is 12.1 Å². The summed E-state index contributed by atoms with van der Waals surface area (Å²) in [6, 6.07) is 0. The molecule has 0 radical (unpaired) electrons. The molecule has 0 aromatic carbocycles. The fraction of sp³-hybridized carbons (Fsp3) is 0.556. The Morgan fingerprint density at radius 3 is 2.69 bits per heavy atom. The van der Waals surface area contributed by atoms with Crippen molar-refractivity contribution in [3.05, 3.63) is 17.0 Å². The van der Waals surface area contributed by atoms with Crippen LogP contribution in [0.3, 0.4) is 0 Å². The van der Waals surface area contributed by atoms with Crippen molar-refractivity contribution in [3.8, 4) is 0 Å². The zero-order valence-corrected chi connectivity index (χ0v) is 8.89. The lowest BCUT2D eigenvalue weighted by Gasteiger charge is -2.12. The van der Waals surface area contributed by atoms with E-state index in [0.717, 1.165) is 17.9 Å². The molecule has 0 unspecified atom stereocenters. The van der Waals surface area contributed by atoms with Crippen LogP contribution in [0.2, 0.25) is 5.15 Å². The third-order valence-corrected chi connectivity index (χ3v) is 2.06. The normalized spacial score (nSPS) is 10.5. The van der Waals surface area contributed by atoms with Gasteiger partial charge in [-0.2, -0.15) is 0 Å². The van der Waals surface area contributed by atoms with Gasteiger partial charge in [-0.1, -0.05) is 25.4 Å². The van der Waals surface area contributed by atoms with Crippen molar-refractivity contribution in [1.82, 2.24) is 9.97 Å². The van der Waals surface area contributed by atoms with Crippen molar-refractivity contribution in [2.45, 2.75) is 26.7 Å². The molecular weight excluding hydrogens is 186 g/mol. The molecule has 0 saturated heterocycles. The average molecular weight is 200 g/mol. The molecule has 0 spiro atoms. The minimum Gasteiger partial charge on any atom is -0.370 e. The van der Waals surface area contributed by atoms with E-state index < -0.39 is 0 Å². The van der Waals surface area contributed by atoms with Crippen LogP contribution in [0, 0.1) is 0 Å². The van der Waals surface area contributed by atoms with Gasteiger partial charge in [0.15, 0.2) is 0 Å². The lowest BCUT2D eigenvalue weighted by Crippen LogP contribution is -2.06. The monoisotopic (exact) mass is 199 g/mol. The molecule has 0 aliphatic rings. The molecule has 1 heterocycles. The van der Waals surface area contributed by atoms with Crippen LogP contribution in [0.5, 0.6) is 0 Å². The third-order valence-electron chi connectivity index (χ3n) is 1.76. The van der Waals surface area contributed by atoms with E-state index in [-0.39, 0.29) is 0 Å². The van der Waals surface area contributed by atoms with Gasteiger partial charge in [0.1, 0.15) is 17.3 Å². The number of rotatable bonds is 3. The van der Waals surface area contributed by atoms with E-state index in [0.29, 0.717) is 11.1 Å². The van der Waals surface area contributed by atoms with Gasteiger partial charge in [-0.05, 0) is 12.8 Å². The number of aromatic nitrogens is 2. The molecular formula is C9H14ClN3. The summed E-state index contributed by atoms with van der Waals surface area (Å²) >= 11 is 5.97. The van der Waals surface area contributed by atoms with Gasteiger partial charge in [-0.3, -0.25) is 0 Å². The van der Waals surface area contributed by atoms with Crippen molar-refractivity contribution in [3.63, 3.8) is 0 Å². The fourth-order valence-corrected chi connectivity index (χ4v) is 1.55. The van der Waals surface area contributed by atoms with Gasteiger partial charge in [0.05, 0.1) is 0 Å². The summed E-state index contributed by atoms with van der Waals surface area (Å²) in [4.78, 5) is 8.10. The Morgan fingerprint density at radius 2 is 2.15 bits per heavy atom. The largest absolute Gasteiger partial charge is 0.370 e. The highest BCUT2D eigenvalue weighted by Crippen LogP contribution is 2.27. The van der Waals surface area contributed by atoms with E-state index in [4.69, 9.17) is 11.6 Å². The predicted octanol–water partition coefficient (Wildman–Crippen LogP) is 2.69. The van der Waals surface area contributed by atoms with Crippen LogP contribution < -0.4 is 5.32 Å². The molecule has 4 heteroatoms. The second kappa shape index (κ2) is 4.42. The molecule has 13 heavy (non-hydrogen) atoms. The molecule has 1 N–H and O–H groups in total. The second-order valence-electron chi connectivity index (χ2n) is 3.11. The van der Waals surface area contributed by atoms with Crippen molar-refractivity contribution in [2.24, 2.45) is 0 Å². The van der Waals surface area contributed by atoms with Gasteiger partial charge in [0.25, 0.3) is 0 Å². The van der Waals surface area contributed by atoms with Crippen LogP contribution in [-0.2, 0) is 0 Å². The number of anilines is 1. The Hall–Kier alpha value is -0.830. The zero-order valence-electron chi connectivity index (χ0n) is 8.13. The van der Waals surface area contributed by atoms with E-state index in [2.05, 4.69) is 29.1 Å². The standard InChI is InChI=1S/C9H14ClN3/c1-4-11-9-7(6(2)3)8(10)12-5-13-9/h5-6H,4H2,1-3H3,(H,11,12,13). The van der Waals surface area contributed by atoms with E-state index in [9.17, 15) is 0 Å². The van der Waals surface area contributed by atoms with Crippen molar-refractivity contribution < 1.29 is 0 Å². The Bertz CT molecular complexity index is 286. The first-order valence-electron chi connectivity index (χ1n) is 4.41. The van der Waals surface area contributed by atoms with E-state index >= 15 is 0 Å². The maximum atomic E-state index is 5.97. The Labute approximate surface area is 83.5 Å². The van der Waals surface area contributed by atoms with Crippen LogP contribution >= 0.6 is 11.6 Å². The number of halogens is 1.